The lowest BCUT2D eigenvalue weighted by Crippen LogP contribution is -2.31. The van der Waals surface area contributed by atoms with Crippen molar-refractivity contribution in [2.45, 2.75) is 6.04 Å². The zero-order valence-electron chi connectivity index (χ0n) is 14.3. The highest BCUT2D eigenvalue weighted by atomic mass is 19.1. The van der Waals surface area contributed by atoms with E-state index in [0.29, 0.717) is 5.56 Å². The number of nitrogens with zero attached hydrogens (tertiary/aromatic N) is 1. The Morgan fingerprint density at radius 2 is 1.75 bits per heavy atom. The molecular formula is C21H13F2NO4. The van der Waals surface area contributed by atoms with Gasteiger partial charge in [0.1, 0.15) is 11.6 Å². The van der Waals surface area contributed by atoms with Crippen LogP contribution < -0.4 is 4.90 Å². The average Bonchev–Trinajstić information content (AvgIpc) is 3.30. The average molecular weight is 381 g/mol. The summed E-state index contributed by atoms with van der Waals surface area (Å²) in [6, 6.07) is 12.2. The minimum Gasteiger partial charge on any atom is -0.503 e. The molecule has 2 heterocycles. The van der Waals surface area contributed by atoms with Gasteiger partial charge < -0.3 is 9.52 Å². The quantitative estimate of drug-likeness (QED) is 0.683. The first-order valence-electron chi connectivity index (χ1n) is 8.33. The first-order chi connectivity index (χ1) is 13.5. The Morgan fingerprint density at radius 1 is 1.00 bits per heavy atom. The van der Waals surface area contributed by atoms with Crippen molar-refractivity contribution >= 4 is 17.4 Å². The second-order valence-electron chi connectivity index (χ2n) is 6.18. The molecule has 0 saturated heterocycles. The predicted octanol–water partition coefficient (Wildman–Crippen LogP) is 4.34. The summed E-state index contributed by atoms with van der Waals surface area (Å²) in [4.78, 5) is 26.8. The summed E-state index contributed by atoms with van der Waals surface area (Å²) in [5, 5.41) is 10.5. The Kier molecular flexibility index (Phi) is 4.27. The van der Waals surface area contributed by atoms with Crippen LogP contribution in [0.15, 0.2) is 82.7 Å². The zero-order chi connectivity index (χ0) is 19.8. The van der Waals surface area contributed by atoms with E-state index in [9.17, 15) is 23.5 Å². The molecule has 0 fully saturated rings. The Morgan fingerprint density at radius 3 is 2.39 bits per heavy atom. The van der Waals surface area contributed by atoms with Crippen LogP contribution in [0, 0.1) is 11.6 Å². The van der Waals surface area contributed by atoms with Crippen molar-refractivity contribution in [1.82, 2.24) is 0 Å². The standard InChI is InChI=1S/C21H13F2NO4/c22-13-8-6-12(7-9-13)18-17(19(25)16-5-2-10-28-16)20(26)21(27)24(18)15-4-1-3-14(23)11-15/h1-11,18,26H. The van der Waals surface area contributed by atoms with Crippen LogP contribution in [0.4, 0.5) is 14.5 Å². The summed E-state index contributed by atoms with van der Waals surface area (Å²) in [6.07, 6.45) is 1.29. The Balaban J connectivity index is 1.89. The van der Waals surface area contributed by atoms with E-state index in [1.54, 1.807) is 0 Å². The molecule has 1 N–H and O–H groups in total. The Bertz CT molecular complexity index is 1090. The van der Waals surface area contributed by atoms with Gasteiger partial charge in [0.15, 0.2) is 11.5 Å². The van der Waals surface area contributed by atoms with Crippen LogP contribution in [0.2, 0.25) is 0 Å². The molecule has 1 aliphatic rings. The molecule has 7 heteroatoms. The third-order valence-corrected chi connectivity index (χ3v) is 4.47. The lowest BCUT2D eigenvalue weighted by molar-refractivity contribution is -0.117. The van der Waals surface area contributed by atoms with Crippen LogP contribution >= 0.6 is 0 Å². The molecule has 3 aromatic rings. The second kappa shape index (κ2) is 6.77. The van der Waals surface area contributed by atoms with E-state index < -0.39 is 35.1 Å². The van der Waals surface area contributed by atoms with Gasteiger partial charge in [0.05, 0.1) is 17.9 Å². The number of rotatable bonds is 4. The van der Waals surface area contributed by atoms with Gasteiger partial charge in [-0.15, -0.1) is 0 Å². The minimum atomic E-state index is -1.08. The van der Waals surface area contributed by atoms with Gasteiger partial charge in [0.25, 0.3) is 5.91 Å². The largest absolute Gasteiger partial charge is 0.503 e. The first kappa shape index (κ1) is 17.7. The van der Waals surface area contributed by atoms with Crippen LogP contribution in [0.1, 0.15) is 22.2 Å². The molecule has 4 rings (SSSR count). The highest BCUT2D eigenvalue weighted by Gasteiger charge is 2.45. The van der Waals surface area contributed by atoms with Crippen LogP contribution in [0.25, 0.3) is 0 Å². The van der Waals surface area contributed by atoms with E-state index in [-0.39, 0.29) is 17.0 Å². The number of amides is 1. The molecule has 1 aromatic heterocycles. The molecule has 28 heavy (non-hydrogen) atoms. The van der Waals surface area contributed by atoms with Gasteiger partial charge in [-0.05, 0) is 48.0 Å². The van der Waals surface area contributed by atoms with Crippen LogP contribution in [0.3, 0.4) is 0 Å². The van der Waals surface area contributed by atoms with E-state index in [2.05, 4.69) is 0 Å². The molecule has 1 aliphatic heterocycles. The number of furan rings is 1. The maximum atomic E-state index is 13.8. The highest BCUT2D eigenvalue weighted by molar-refractivity contribution is 6.20. The van der Waals surface area contributed by atoms with Gasteiger partial charge in [0, 0.05) is 5.69 Å². The number of aliphatic hydroxyl groups excluding tert-OH is 1. The smallest absolute Gasteiger partial charge is 0.294 e. The lowest BCUT2D eigenvalue weighted by atomic mass is 9.95. The Labute approximate surface area is 158 Å². The van der Waals surface area contributed by atoms with Crippen LogP contribution in [-0.4, -0.2) is 16.8 Å². The van der Waals surface area contributed by atoms with Crippen molar-refractivity contribution in [1.29, 1.82) is 0 Å². The molecule has 140 valence electrons. The molecule has 0 saturated carbocycles. The molecule has 5 nitrogen and oxygen atoms in total. The number of carbonyl (C=O) groups is 2. The normalized spacial score (nSPS) is 16.7. The number of hydrogen-bond acceptors (Lipinski definition) is 4. The molecule has 0 spiro atoms. The van der Waals surface area contributed by atoms with E-state index in [4.69, 9.17) is 4.42 Å². The van der Waals surface area contributed by atoms with Crippen molar-refractivity contribution in [3.8, 4) is 0 Å². The van der Waals surface area contributed by atoms with Crippen molar-refractivity contribution in [3.05, 3.63) is 101 Å². The molecule has 2 aromatic carbocycles. The van der Waals surface area contributed by atoms with E-state index in [1.165, 1.54) is 60.9 Å². The molecule has 1 unspecified atom stereocenters. The van der Waals surface area contributed by atoms with Crippen LogP contribution in [0.5, 0.6) is 0 Å². The van der Waals surface area contributed by atoms with Crippen LogP contribution in [-0.2, 0) is 4.79 Å². The highest BCUT2D eigenvalue weighted by Crippen LogP contribution is 2.42. The third-order valence-electron chi connectivity index (χ3n) is 4.47. The monoisotopic (exact) mass is 381 g/mol. The summed E-state index contributed by atoms with van der Waals surface area (Å²) >= 11 is 0. The predicted molar refractivity (Wildman–Crippen MR) is 95.7 cm³/mol. The summed E-state index contributed by atoms with van der Waals surface area (Å²) < 4.78 is 32.3. The number of aliphatic hydroxyl groups is 1. The van der Waals surface area contributed by atoms with Crippen molar-refractivity contribution < 1.29 is 27.9 Å². The molecular weight excluding hydrogens is 368 g/mol. The fourth-order valence-electron chi connectivity index (χ4n) is 3.23. The summed E-state index contributed by atoms with van der Waals surface area (Å²) in [5.41, 5.74) is 0.293. The number of hydrogen-bond donors (Lipinski definition) is 1. The van der Waals surface area contributed by atoms with Crippen molar-refractivity contribution in [3.63, 3.8) is 0 Å². The Hall–Kier alpha value is -3.74. The maximum absolute atomic E-state index is 13.8. The number of ketones is 1. The van der Waals surface area contributed by atoms with Gasteiger partial charge in [0.2, 0.25) is 5.78 Å². The maximum Gasteiger partial charge on any atom is 0.294 e. The number of carbonyl (C=O) groups excluding carboxylic acids is 2. The number of Topliss-reactive ketones (excluding diaryl/α,β-unsaturated/α-hetero) is 1. The molecule has 0 aliphatic carbocycles. The van der Waals surface area contributed by atoms with Gasteiger partial charge in [-0.2, -0.15) is 0 Å². The molecule has 1 amide bonds. The number of halogens is 2. The van der Waals surface area contributed by atoms with E-state index >= 15 is 0 Å². The number of benzene rings is 2. The minimum absolute atomic E-state index is 0.0671. The zero-order valence-corrected chi connectivity index (χ0v) is 14.3. The topological polar surface area (TPSA) is 70.8 Å². The van der Waals surface area contributed by atoms with Gasteiger partial charge in [-0.1, -0.05) is 18.2 Å². The first-order valence-corrected chi connectivity index (χ1v) is 8.33. The van der Waals surface area contributed by atoms with Gasteiger partial charge in [-0.25, -0.2) is 8.78 Å². The van der Waals surface area contributed by atoms with E-state index in [1.807, 2.05) is 0 Å². The third kappa shape index (κ3) is 2.87. The summed E-state index contributed by atoms with van der Waals surface area (Å²) in [5.74, 6) is -3.48. The number of anilines is 1. The van der Waals surface area contributed by atoms with Gasteiger partial charge >= 0.3 is 0 Å². The fourth-order valence-corrected chi connectivity index (χ4v) is 3.23. The molecule has 1 atom stereocenters. The van der Waals surface area contributed by atoms with Gasteiger partial charge in [-0.3, -0.25) is 14.5 Å². The SMILES string of the molecule is O=C(C1=C(O)C(=O)N(c2cccc(F)c2)C1c1ccc(F)cc1)c1ccco1. The van der Waals surface area contributed by atoms with Crippen molar-refractivity contribution in [2.24, 2.45) is 0 Å². The fraction of sp³-hybridized carbons (Fsp3) is 0.0476. The second-order valence-corrected chi connectivity index (χ2v) is 6.18. The lowest BCUT2D eigenvalue weighted by Gasteiger charge is -2.26. The molecule has 0 bridgehead atoms. The molecule has 0 radical (unpaired) electrons. The van der Waals surface area contributed by atoms with Crippen molar-refractivity contribution in [2.75, 3.05) is 4.90 Å². The summed E-state index contributed by atoms with van der Waals surface area (Å²) in [7, 11) is 0. The summed E-state index contributed by atoms with van der Waals surface area (Å²) in [6.45, 7) is 0. The van der Waals surface area contributed by atoms with E-state index in [0.717, 1.165) is 11.0 Å².